The van der Waals surface area contributed by atoms with Gasteiger partial charge in [0.25, 0.3) is 0 Å². The van der Waals surface area contributed by atoms with Gasteiger partial charge in [0.2, 0.25) is 0 Å². The van der Waals surface area contributed by atoms with Gasteiger partial charge in [0.15, 0.2) is 11.5 Å². The molecule has 24 heavy (non-hydrogen) atoms. The van der Waals surface area contributed by atoms with Gasteiger partial charge in [-0.3, -0.25) is 0 Å². The van der Waals surface area contributed by atoms with Crippen molar-refractivity contribution in [1.82, 2.24) is 4.72 Å². The molecule has 4 nitrogen and oxygen atoms in total. The fraction of sp³-hybridized carbons (Fsp3) is 0.625. The monoisotopic (exact) mass is 367 g/mol. The molecule has 8 heteroatoms. The number of rotatable bonds is 6. The van der Waals surface area contributed by atoms with Crippen molar-refractivity contribution >= 4 is 11.4 Å². The first-order valence-electron chi connectivity index (χ1n) is 7.47. The van der Waals surface area contributed by atoms with E-state index >= 15 is 0 Å². The maximum absolute atomic E-state index is 12.3. The molecule has 1 rings (SSSR count). The minimum absolute atomic E-state index is 0.413. The summed E-state index contributed by atoms with van der Waals surface area (Å²) < 4.78 is 55.5. The summed E-state index contributed by atoms with van der Waals surface area (Å²) in [6.07, 6.45) is -3.87. The predicted octanol–water partition coefficient (Wildman–Crippen LogP) is 4.05. The average molecular weight is 367 g/mol. The highest BCUT2D eigenvalue weighted by Gasteiger charge is 2.34. The minimum atomic E-state index is -4.86. The lowest BCUT2D eigenvalue weighted by molar-refractivity contribution is -0.275. The van der Waals surface area contributed by atoms with Gasteiger partial charge in [-0.2, -0.15) is 0 Å². The third-order valence-electron chi connectivity index (χ3n) is 3.21. The van der Waals surface area contributed by atoms with Crippen molar-refractivity contribution in [3.63, 3.8) is 0 Å². The second-order valence-corrected chi connectivity index (χ2v) is 9.18. The molecular formula is C16H24F3NO3S. The van der Waals surface area contributed by atoms with Crippen LogP contribution in [0.1, 0.15) is 46.6 Å². The number of halogens is 3. The first-order valence-corrected chi connectivity index (χ1v) is 8.62. The minimum Gasteiger partial charge on any atom is -0.598 e. The van der Waals surface area contributed by atoms with Crippen LogP contribution in [0, 0.1) is 0 Å². The first kappa shape index (κ1) is 20.9. The lowest BCUT2D eigenvalue weighted by Crippen LogP contribution is -2.50. The van der Waals surface area contributed by atoms with Crippen LogP contribution in [-0.2, 0) is 17.8 Å². The molecular weight excluding hydrogens is 343 g/mol. The summed E-state index contributed by atoms with van der Waals surface area (Å²) >= 11 is -1.25. The van der Waals surface area contributed by atoms with Crippen LogP contribution >= 0.6 is 0 Å². The van der Waals surface area contributed by atoms with E-state index in [1.165, 1.54) is 18.2 Å². The van der Waals surface area contributed by atoms with Crippen LogP contribution in [0.5, 0.6) is 11.5 Å². The number of aromatic hydroxyl groups is 1. The molecule has 0 heterocycles. The summed E-state index contributed by atoms with van der Waals surface area (Å²) in [5.41, 5.74) is 0.115. The van der Waals surface area contributed by atoms with Crippen molar-refractivity contribution in [1.29, 1.82) is 0 Å². The van der Waals surface area contributed by atoms with E-state index in [-0.39, 0.29) is 0 Å². The van der Waals surface area contributed by atoms with E-state index in [9.17, 15) is 22.8 Å². The van der Waals surface area contributed by atoms with E-state index in [1.807, 2.05) is 34.6 Å². The quantitative estimate of drug-likeness (QED) is 0.745. The molecule has 1 atom stereocenters. The Bertz CT molecular complexity index is 556. The summed E-state index contributed by atoms with van der Waals surface area (Å²) in [4.78, 5) is 0. The van der Waals surface area contributed by atoms with E-state index < -0.39 is 39.5 Å². The Morgan fingerprint density at radius 3 is 2.25 bits per heavy atom. The lowest BCUT2D eigenvalue weighted by Gasteiger charge is -2.32. The highest BCUT2D eigenvalue weighted by molar-refractivity contribution is 7.90. The topological polar surface area (TPSA) is 64.5 Å². The third-order valence-corrected chi connectivity index (χ3v) is 5.06. The summed E-state index contributed by atoms with van der Waals surface area (Å²) in [6, 6.07) is 3.87. The Labute approximate surface area is 143 Å². The number of ether oxygens (including phenoxy) is 1. The molecule has 138 valence electrons. The molecule has 0 unspecified atom stereocenters. The number of phenolic OH excluding ortho intramolecular Hbond substituents is 1. The maximum atomic E-state index is 12.3. The molecule has 0 bridgehead atoms. The van der Waals surface area contributed by atoms with Crippen LogP contribution in [0.3, 0.4) is 0 Å². The second-order valence-electron chi connectivity index (χ2n) is 7.22. The van der Waals surface area contributed by atoms with Crippen LogP contribution in [0.25, 0.3) is 0 Å². The van der Waals surface area contributed by atoms with Gasteiger partial charge in [-0.15, -0.1) is 17.9 Å². The molecule has 0 aliphatic rings. The number of benzene rings is 1. The molecule has 0 fully saturated rings. The molecule has 1 aromatic rings. The van der Waals surface area contributed by atoms with Crippen molar-refractivity contribution in [2.45, 2.75) is 64.1 Å². The van der Waals surface area contributed by atoms with Crippen LogP contribution < -0.4 is 9.46 Å². The molecule has 0 spiro atoms. The molecule has 0 radical (unpaired) electrons. The van der Waals surface area contributed by atoms with Crippen molar-refractivity contribution < 1.29 is 27.6 Å². The standard InChI is InChI=1S/C16H24F3NO3S/c1-14(2,3)24(22)20-15(4,5)9-8-11-6-7-12(21)13(10-11)23-16(17,18)19/h6-7,10,20-21H,8-9H2,1-5H3/t24-/m1/s1. The number of phenols is 1. The van der Waals surface area contributed by atoms with E-state index in [0.717, 1.165) is 0 Å². The molecule has 0 aliphatic carbocycles. The summed E-state index contributed by atoms with van der Waals surface area (Å²) in [7, 11) is 0. The largest absolute Gasteiger partial charge is 0.598 e. The zero-order valence-electron chi connectivity index (χ0n) is 14.5. The molecule has 0 amide bonds. The van der Waals surface area contributed by atoms with Crippen LogP contribution in [-0.4, -0.2) is 26.3 Å². The molecule has 0 aromatic heterocycles. The molecule has 2 N–H and O–H groups in total. The Morgan fingerprint density at radius 2 is 1.75 bits per heavy atom. The zero-order chi connectivity index (χ0) is 18.8. The Balaban J connectivity index is 2.75. The zero-order valence-corrected chi connectivity index (χ0v) is 15.3. The van der Waals surface area contributed by atoms with E-state index in [4.69, 9.17) is 0 Å². The summed E-state index contributed by atoms with van der Waals surface area (Å²) in [6.45, 7) is 9.32. The smallest absolute Gasteiger partial charge is 0.573 e. The van der Waals surface area contributed by atoms with Crippen molar-refractivity contribution in [3.8, 4) is 11.5 Å². The normalized spacial score (nSPS) is 14.5. The van der Waals surface area contributed by atoms with Crippen molar-refractivity contribution in [2.75, 3.05) is 0 Å². The predicted molar refractivity (Wildman–Crippen MR) is 88.2 cm³/mol. The van der Waals surface area contributed by atoms with Gasteiger partial charge in [0, 0.05) is 11.4 Å². The average Bonchev–Trinajstić information content (AvgIpc) is 2.36. The molecule has 0 saturated carbocycles. The maximum Gasteiger partial charge on any atom is 0.573 e. The molecule has 1 aromatic carbocycles. The summed E-state index contributed by atoms with van der Waals surface area (Å²) in [5, 5.41) is 9.46. The fourth-order valence-electron chi connectivity index (χ4n) is 1.83. The van der Waals surface area contributed by atoms with Gasteiger partial charge in [-0.25, -0.2) is 0 Å². The van der Waals surface area contributed by atoms with Crippen LogP contribution in [0.2, 0.25) is 0 Å². The Morgan fingerprint density at radius 1 is 1.17 bits per heavy atom. The number of aryl methyl sites for hydroxylation is 1. The van der Waals surface area contributed by atoms with Gasteiger partial charge in [0.05, 0.1) is 5.54 Å². The first-order chi connectivity index (χ1) is 10.7. The fourth-order valence-corrected chi connectivity index (χ4v) is 2.74. The Kier molecular flexibility index (Phi) is 6.46. The van der Waals surface area contributed by atoms with E-state index in [2.05, 4.69) is 9.46 Å². The van der Waals surface area contributed by atoms with Crippen LogP contribution in [0.15, 0.2) is 18.2 Å². The molecule has 0 saturated heterocycles. The number of alkyl halides is 3. The SMILES string of the molecule is CC(C)(CCc1ccc(O)c(OC(F)(F)F)c1)N[S@+]([O-])C(C)(C)C. The highest BCUT2D eigenvalue weighted by atomic mass is 32.2. The highest BCUT2D eigenvalue weighted by Crippen LogP contribution is 2.32. The lowest BCUT2D eigenvalue weighted by atomic mass is 9.96. The summed E-state index contributed by atoms with van der Waals surface area (Å²) in [5.74, 6) is -1.19. The second kappa shape index (κ2) is 7.41. The van der Waals surface area contributed by atoms with Gasteiger partial charge in [-0.1, -0.05) is 6.07 Å². The van der Waals surface area contributed by atoms with Gasteiger partial charge >= 0.3 is 6.36 Å². The van der Waals surface area contributed by atoms with Crippen LogP contribution in [0.4, 0.5) is 13.2 Å². The molecule has 0 aliphatic heterocycles. The van der Waals surface area contributed by atoms with Gasteiger partial charge in [0.1, 0.15) is 4.75 Å². The number of hydrogen-bond acceptors (Lipinski definition) is 4. The third kappa shape index (κ3) is 7.19. The van der Waals surface area contributed by atoms with Gasteiger partial charge < -0.3 is 14.4 Å². The van der Waals surface area contributed by atoms with Crippen molar-refractivity contribution in [3.05, 3.63) is 23.8 Å². The van der Waals surface area contributed by atoms with E-state index in [1.54, 1.807) is 0 Å². The number of nitrogens with one attached hydrogen (secondary N) is 1. The number of hydrogen-bond donors (Lipinski definition) is 2. The van der Waals surface area contributed by atoms with E-state index in [0.29, 0.717) is 18.4 Å². The van der Waals surface area contributed by atoms with Gasteiger partial charge in [-0.05, 0) is 65.2 Å². The van der Waals surface area contributed by atoms with Crippen molar-refractivity contribution in [2.24, 2.45) is 0 Å². The Hall–Kier alpha value is -1.12.